The Morgan fingerprint density at radius 1 is 1.20 bits per heavy atom. The lowest BCUT2D eigenvalue weighted by Gasteiger charge is -2.32. The van der Waals surface area contributed by atoms with Crippen LogP contribution in [0.3, 0.4) is 0 Å². The van der Waals surface area contributed by atoms with Crippen LogP contribution in [0.2, 0.25) is 0 Å². The molecule has 1 atom stereocenters. The fraction of sp³-hybridized carbons (Fsp3) is 0.211. The van der Waals surface area contributed by atoms with Crippen LogP contribution >= 0.6 is 0 Å². The topological polar surface area (TPSA) is 68.5 Å². The van der Waals surface area contributed by atoms with E-state index in [1.165, 1.54) is 0 Å². The summed E-state index contributed by atoms with van der Waals surface area (Å²) >= 11 is 0. The molecule has 3 aromatic rings. The maximum atomic E-state index is 13.3. The molecule has 0 spiro atoms. The first-order chi connectivity index (χ1) is 12.1. The van der Waals surface area contributed by atoms with Crippen molar-refractivity contribution in [2.24, 2.45) is 0 Å². The van der Waals surface area contributed by atoms with Gasteiger partial charge in [0, 0.05) is 11.8 Å². The number of carbonyl (C=O) groups is 1. The molecule has 0 saturated carbocycles. The van der Waals surface area contributed by atoms with Crippen molar-refractivity contribution < 1.29 is 14.1 Å². The zero-order valence-electron chi connectivity index (χ0n) is 14.0. The molecule has 1 aromatic carbocycles. The predicted molar refractivity (Wildman–Crippen MR) is 92.7 cm³/mol. The van der Waals surface area contributed by atoms with Gasteiger partial charge in [-0.3, -0.25) is 9.69 Å². The minimum Gasteiger partial charge on any atom is -0.471 e. The monoisotopic (exact) mass is 335 g/mol. The van der Waals surface area contributed by atoms with Crippen molar-refractivity contribution >= 4 is 11.6 Å². The molecule has 3 heterocycles. The highest BCUT2D eigenvalue weighted by Gasteiger charge is 2.33. The van der Waals surface area contributed by atoms with E-state index in [0.717, 1.165) is 5.56 Å². The standard InChI is InChI=1S/C19H17N3O3/c1-12-11-22(15-9-6-10-20-18(15)24-12)19(23)16-13(2)21-25-17(16)14-7-4-3-5-8-14/h3-10,12H,11H2,1-2H3/t12-/m1/s1. The van der Waals surface area contributed by atoms with Crippen LogP contribution in [0.1, 0.15) is 23.0 Å². The molecule has 1 aliphatic rings. The Hall–Kier alpha value is -3.15. The third-order valence-electron chi connectivity index (χ3n) is 4.15. The van der Waals surface area contributed by atoms with Gasteiger partial charge in [0.2, 0.25) is 5.88 Å². The third kappa shape index (κ3) is 2.65. The van der Waals surface area contributed by atoms with Crippen molar-refractivity contribution in [3.05, 3.63) is 59.9 Å². The fourth-order valence-corrected chi connectivity index (χ4v) is 3.00. The van der Waals surface area contributed by atoms with Crippen molar-refractivity contribution in [2.75, 3.05) is 11.4 Å². The van der Waals surface area contributed by atoms with Crippen LogP contribution in [0, 0.1) is 6.92 Å². The molecule has 25 heavy (non-hydrogen) atoms. The van der Waals surface area contributed by atoms with Gasteiger partial charge in [-0.25, -0.2) is 4.98 Å². The molecular weight excluding hydrogens is 318 g/mol. The van der Waals surface area contributed by atoms with Gasteiger partial charge in [-0.05, 0) is 26.0 Å². The SMILES string of the molecule is Cc1noc(-c2ccccc2)c1C(=O)N1C[C@@H](C)Oc2ncccc21. The van der Waals surface area contributed by atoms with Crippen LogP contribution in [0.25, 0.3) is 11.3 Å². The summed E-state index contributed by atoms with van der Waals surface area (Å²) in [6, 6.07) is 13.1. The van der Waals surface area contributed by atoms with Gasteiger partial charge in [0.15, 0.2) is 5.76 Å². The highest BCUT2D eigenvalue weighted by Crippen LogP contribution is 2.34. The van der Waals surface area contributed by atoms with Crippen molar-refractivity contribution in [1.82, 2.24) is 10.1 Å². The summed E-state index contributed by atoms with van der Waals surface area (Å²) in [6.45, 7) is 4.13. The smallest absolute Gasteiger partial charge is 0.264 e. The van der Waals surface area contributed by atoms with Crippen molar-refractivity contribution in [2.45, 2.75) is 20.0 Å². The van der Waals surface area contributed by atoms with E-state index in [2.05, 4.69) is 10.1 Å². The van der Waals surface area contributed by atoms with E-state index in [4.69, 9.17) is 9.26 Å². The molecule has 0 bridgehead atoms. The zero-order chi connectivity index (χ0) is 17.4. The summed E-state index contributed by atoms with van der Waals surface area (Å²) in [5.74, 6) is 0.777. The van der Waals surface area contributed by atoms with Crippen LogP contribution < -0.4 is 9.64 Å². The molecule has 0 fully saturated rings. The third-order valence-corrected chi connectivity index (χ3v) is 4.15. The molecule has 126 valence electrons. The van der Waals surface area contributed by atoms with Crippen LogP contribution in [-0.2, 0) is 0 Å². The maximum Gasteiger partial charge on any atom is 0.264 e. The van der Waals surface area contributed by atoms with Crippen LogP contribution in [0.15, 0.2) is 53.2 Å². The molecule has 0 unspecified atom stereocenters. The Morgan fingerprint density at radius 2 is 2.00 bits per heavy atom. The van der Waals surface area contributed by atoms with E-state index >= 15 is 0 Å². The highest BCUT2D eigenvalue weighted by atomic mass is 16.5. The average molecular weight is 335 g/mol. The number of carbonyl (C=O) groups excluding carboxylic acids is 1. The van der Waals surface area contributed by atoms with E-state index in [1.807, 2.05) is 43.3 Å². The zero-order valence-corrected chi connectivity index (χ0v) is 14.0. The number of fused-ring (bicyclic) bond motifs is 1. The van der Waals surface area contributed by atoms with E-state index < -0.39 is 0 Å². The minimum absolute atomic E-state index is 0.147. The summed E-state index contributed by atoms with van der Waals surface area (Å²) in [6.07, 6.45) is 1.51. The second-order valence-electron chi connectivity index (χ2n) is 6.01. The van der Waals surface area contributed by atoms with Crippen molar-refractivity contribution in [1.29, 1.82) is 0 Å². The van der Waals surface area contributed by atoms with Gasteiger partial charge in [0.1, 0.15) is 17.4 Å². The van der Waals surface area contributed by atoms with Crippen LogP contribution in [0.5, 0.6) is 5.88 Å². The lowest BCUT2D eigenvalue weighted by Crippen LogP contribution is -2.42. The van der Waals surface area contributed by atoms with Gasteiger partial charge in [-0.2, -0.15) is 0 Å². The number of amides is 1. The molecule has 6 nitrogen and oxygen atoms in total. The van der Waals surface area contributed by atoms with E-state index in [-0.39, 0.29) is 12.0 Å². The van der Waals surface area contributed by atoms with E-state index in [9.17, 15) is 4.79 Å². The summed E-state index contributed by atoms with van der Waals surface area (Å²) in [4.78, 5) is 19.2. The number of benzene rings is 1. The summed E-state index contributed by atoms with van der Waals surface area (Å²) < 4.78 is 11.2. The van der Waals surface area contributed by atoms with Gasteiger partial charge in [0.25, 0.3) is 5.91 Å². The Morgan fingerprint density at radius 3 is 2.80 bits per heavy atom. The molecule has 0 N–H and O–H groups in total. The Kier molecular flexibility index (Phi) is 3.72. The summed E-state index contributed by atoms with van der Waals surface area (Å²) in [7, 11) is 0. The fourth-order valence-electron chi connectivity index (χ4n) is 3.00. The molecule has 4 rings (SSSR count). The lowest BCUT2D eigenvalue weighted by atomic mass is 10.0. The number of rotatable bonds is 2. The van der Waals surface area contributed by atoms with Gasteiger partial charge in [0.05, 0.1) is 12.2 Å². The largest absolute Gasteiger partial charge is 0.471 e. The average Bonchev–Trinajstić information content (AvgIpc) is 3.02. The Bertz CT molecular complexity index is 921. The number of hydrogen-bond donors (Lipinski definition) is 0. The second kappa shape index (κ2) is 6.05. The number of hydrogen-bond acceptors (Lipinski definition) is 5. The minimum atomic E-state index is -0.165. The van der Waals surface area contributed by atoms with Crippen molar-refractivity contribution in [3.63, 3.8) is 0 Å². The quantitative estimate of drug-likeness (QED) is 0.717. The summed E-state index contributed by atoms with van der Waals surface area (Å²) in [5.41, 5.74) is 2.51. The molecule has 0 radical (unpaired) electrons. The van der Waals surface area contributed by atoms with Crippen LogP contribution in [0.4, 0.5) is 5.69 Å². The van der Waals surface area contributed by atoms with Gasteiger partial charge >= 0.3 is 0 Å². The first-order valence-electron chi connectivity index (χ1n) is 8.10. The summed E-state index contributed by atoms with van der Waals surface area (Å²) in [5, 5.41) is 4.01. The van der Waals surface area contributed by atoms with Crippen molar-refractivity contribution in [3.8, 4) is 17.2 Å². The number of nitrogens with zero attached hydrogens (tertiary/aromatic N) is 3. The first kappa shape index (κ1) is 15.4. The number of ether oxygens (including phenoxy) is 1. The Labute approximate surface area is 145 Å². The molecule has 1 amide bonds. The second-order valence-corrected chi connectivity index (χ2v) is 6.01. The number of pyridine rings is 1. The van der Waals surface area contributed by atoms with E-state index in [0.29, 0.717) is 35.1 Å². The molecule has 0 aliphatic carbocycles. The number of aromatic nitrogens is 2. The van der Waals surface area contributed by atoms with Gasteiger partial charge in [-0.1, -0.05) is 35.5 Å². The molecule has 0 saturated heterocycles. The van der Waals surface area contributed by atoms with Crippen LogP contribution in [-0.4, -0.2) is 28.7 Å². The molecular formula is C19H17N3O3. The number of aryl methyl sites for hydroxylation is 1. The first-order valence-corrected chi connectivity index (χ1v) is 8.10. The van der Waals surface area contributed by atoms with Gasteiger partial charge in [-0.15, -0.1) is 0 Å². The van der Waals surface area contributed by atoms with Gasteiger partial charge < -0.3 is 9.26 Å². The molecule has 2 aromatic heterocycles. The van der Waals surface area contributed by atoms with E-state index in [1.54, 1.807) is 24.1 Å². The Balaban J connectivity index is 1.79. The molecule has 6 heteroatoms. The normalized spacial score (nSPS) is 16.2. The predicted octanol–water partition coefficient (Wildman–Crippen LogP) is 3.47. The highest BCUT2D eigenvalue weighted by molar-refractivity contribution is 6.10. The lowest BCUT2D eigenvalue weighted by molar-refractivity contribution is 0.0958. The maximum absolute atomic E-state index is 13.3. The number of anilines is 1. The molecule has 1 aliphatic heterocycles.